The topological polar surface area (TPSA) is 77.2 Å². The van der Waals surface area contributed by atoms with Gasteiger partial charge in [-0.3, -0.25) is 0 Å². The van der Waals surface area contributed by atoms with Crippen molar-refractivity contribution in [2.75, 3.05) is 6.61 Å². The van der Waals surface area contributed by atoms with Gasteiger partial charge in [-0.15, -0.1) is 5.10 Å². The average Bonchev–Trinajstić information content (AvgIpc) is 2.60. The van der Waals surface area contributed by atoms with Crippen molar-refractivity contribution in [3.63, 3.8) is 0 Å². The highest BCUT2D eigenvalue weighted by atomic mass is 19.3. The van der Waals surface area contributed by atoms with Crippen molar-refractivity contribution in [1.82, 2.24) is 15.0 Å². The largest absolute Gasteiger partial charge is 0.461 e. The molecule has 0 aliphatic heterocycles. The first-order valence-corrected chi connectivity index (χ1v) is 5.04. The molecule has 0 aromatic carbocycles. The Balaban J connectivity index is 3.06. The van der Waals surface area contributed by atoms with E-state index in [4.69, 9.17) is 5.11 Å². The molecule has 0 saturated carbocycles. The first kappa shape index (κ1) is 13.5. The van der Waals surface area contributed by atoms with Crippen LogP contribution in [0.5, 0.6) is 0 Å². The van der Waals surface area contributed by atoms with Gasteiger partial charge in [-0.2, -0.15) is 0 Å². The summed E-state index contributed by atoms with van der Waals surface area (Å²) in [4.78, 5) is 11.3. The Morgan fingerprint density at radius 1 is 1.59 bits per heavy atom. The molecule has 0 radical (unpaired) electrons. The summed E-state index contributed by atoms with van der Waals surface area (Å²) in [6, 6.07) is 0. The quantitative estimate of drug-likeness (QED) is 0.780. The molecule has 1 unspecified atom stereocenters. The van der Waals surface area contributed by atoms with E-state index in [-0.39, 0.29) is 13.2 Å². The number of aliphatic hydroxyl groups excluding tert-OH is 1. The van der Waals surface area contributed by atoms with Crippen molar-refractivity contribution in [2.45, 2.75) is 32.9 Å². The van der Waals surface area contributed by atoms with Crippen LogP contribution in [0.2, 0.25) is 0 Å². The summed E-state index contributed by atoms with van der Waals surface area (Å²) >= 11 is 0. The van der Waals surface area contributed by atoms with Crippen LogP contribution in [0.15, 0.2) is 0 Å². The molecular weight excluding hydrogens is 236 g/mol. The van der Waals surface area contributed by atoms with Crippen LogP contribution < -0.4 is 0 Å². The molecule has 0 spiro atoms. The molecule has 0 amide bonds. The number of carbonyl (C=O) groups is 1. The van der Waals surface area contributed by atoms with Crippen LogP contribution in [0, 0.1) is 0 Å². The predicted octanol–water partition coefficient (Wildman–Crippen LogP) is 0.773. The van der Waals surface area contributed by atoms with Gasteiger partial charge in [-0.25, -0.2) is 18.3 Å². The van der Waals surface area contributed by atoms with Gasteiger partial charge in [0.1, 0.15) is 5.69 Å². The van der Waals surface area contributed by atoms with Gasteiger partial charge in [0.15, 0.2) is 5.69 Å². The monoisotopic (exact) mass is 249 g/mol. The smallest absolute Gasteiger partial charge is 0.361 e. The number of hydrogen-bond donors (Lipinski definition) is 1. The van der Waals surface area contributed by atoms with E-state index < -0.39 is 29.9 Å². The number of ether oxygens (including phenoxy) is 1. The van der Waals surface area contributed by atoms with E-state index in [0.717, 1.165) is 4.68 Å². The number of carbonyl (C=O) groups excluding carboxylic acids is 1. The fourth-order valence-electron chi connectivity index (χ4n) is 1.27. The fourth-order valence-corrected chi connectivity index (χ4v) is 1.27. The molecule has 0 saturated heterocycles. The predicted molar refractivity (Wildman–Crippen MR) is 52.6 cm³/mol. The second kappa shape index (κ2) is 5.67. The minimum Gasteiger partial charge on any atom is -0.461 e. The van der Waals surface area contributed by atoms with E-state index in [1.54, 1.807) is 6.92 Å². The number of nitrogens with zero attached hydrogens (tertiary/aromatic N) is 3. The maximum Gasteiger partial charge on any atom is 0.361 e. The van der Waals surface area contributed by atoms with Gasteiger partial charge in [-0.05, 0) is 13.8 Å². The molecule has 1 aromatic heterocycles. The second-order valence-electron chi connectivity index (χ2n) is 3.38. The molecule has 1 N–H and O–H groups in total. The van der Waals surface area contributed by atoms with Crippen LogP contribution in [-0.4, -0.2) is 38.8 Å². The molecule has 0 aliphatic carbocycles. The Labute approximate surface area is 96.2 Å². The SMILES string of the molecule is CCOC(=O)c1nnn(CC(C)O)c1C(F)F. The lowest BCUT2D eigenvalue weighted by molar-refractivity contribution is 0.0505. The maximum absolute atomic E-state index is 12.8. The lowest BCUT2D eigenvalue weighted by atomic mass is 10.3. The number of alkyl halides is 2. The normalized spacial score (nSPS) is 12.8. The number of halogens is 2. The number of aliphatic hydroxyl groups is 1. The molecule has 8 heteroatoms. The van der Waals surface area contributed by atoms with Crippen LogP contribution in [0.4, 0.5) is 8.78 Å². The molecule has 96 valence electrons. The average molecular weight is 249 g/mol. The van der Waals surface area contributed by atoms with Gasteiger partial charge in [0.05, 0.1) is 19.3 Å². The highest BCUT2D eigenvalue weighted by Crippen LogP contribution is 2.22. The molecule has 1 rings (SSSR count). The summed E-state index contributed by atoms with van der Waals surface area (Å²) in [7, 11) is 0. The summed E-state index contributed by atoms with van der Waals surface area (Å²) in [5.41, 5.74) is -1.15. The molecular formula is C9H13F2N3O3. The molecule has 17 heavy (non-hydrogen) atoms. The minimum absolute atomic E-state index is 0.0603. The van der Waals surface area contributed by atoms with Gasteiger partial charge in [0.2, 0.25) is 0 Å². The van der Waals surface area contributed by atoms with Gasteiger partial charge in [-0.1, -0.05) is 5.21 Å². The van der Waals surface area contributed by atoms with E-state index in [1.807, 2.05) is 0 Å². The van der Waals surface area contributed by atoms with Crippen LogP contribution in [0.25, 0.3) is 0 Å². The summed E-state index contributed by atoms with van der Waals surface area (Å²) < 4.78 is 31.0. The maximum atomic E-state index is 12.8. The Hall–Kier alpha value is -1.57. The first-order chi connectivity index (χ1) is 7.97. The van der Waals surface area contributed by atoms with Crippen molar-refractivity contribution < 1.29 is 23.4 Å². The van der Waals surface area contributed by atoms with Gasteiger partial charge >= 0.3 is 5.97 Å². The Morgan fingerprint density at radius 3 is 2.71 bits per heavy atom. The molecule has 1 aromatic rings. The zero-order chi connectivity index (χ0) is 13.0. The summed E-state index contributed by atoms with van der Waals surface area (Å²) in [5.74, 6) is -0.945. The lowest BCUT2D eigenvalue weighted by Crippen LogP contribution is -2.17. The Kier molecular flexibility index (Phi) is 4.50. The van der Waals surface area contributed by atoms with Crippen LogP contribution in [0.3, 0.4) is 0 Å². The molecule has 1 atom stereocenters. The van der Waals surface area contributed by atoms with Crippen molar-refractivity contribution in [3.05, 3.63) is 11.4 Å². The lowest BCUT2D eigenvalue weighted by Gasteiger charge is -2.08. The van der Waals surface area contributed by atoms with Crippen molar-refractivity contribution in [1.29, 1.82) is 0 Å². The highest BCUT2D eigenvalue weighted by Gasteiger charge is 2.27. The van der Waals surface area contributed by atoms with Crippen molar-refractivity contribution in [2.24, 2.45) is 0 Å². The van der Waals surface area contributed by atoms with Crippen LogP contribution in [-0.2, 0) is 11.3 Å². The van der Waals surface area contributed by atoms with E-state index >= 15 is 0 Å². The van der Waals surface area contributed by atoms with Gasteiger partial charge in [0, 0.05) is 0 Å². The molecule has 1 heterocycles. The molecule has 0 fully saturated rings. The van der Waals surface area contributed by atoms with E-state index in [2.05, 4.69) is 15.0 Å². The van der Waals surface area contributed by atoms with Crippen molar-refractivity contribution in [3.8, 4) is 0 Å². The third kappa shape index (κ3) is 3.19. The van der Waals surface area contributed by atoms with Crippen LogP contribution in [0.1, 0.15) is 36.5 Å². The number of aromatic nitrogens is 3. The third-order valence-electron chi connectivity index (χ3n) is 1.89. The molecule has 0 bridgehead atoms. The minimum atomic E-state index is -2.91. The Morgan fingerprint density at radius 2 is 2.24 bits per heavy atom. The molecule has 0 aliphatic rings. The first-order valence-electron chi connectivity index (χ1n) is 5.04. The Bertz CT molecular complexity index is 393. The third-order valence-corrected chi connectivity index (χ3v) is 1.89. The number of hydrogen-bond acceptors (Lipinski definition) is 5. The van der Waals surface area contributed by atoms with Gasteiger partial charge in [0.25, 0.3) is 6.43 Å². The van der Waals surface area contributed by atoms with E-state index in [0.29, 0.717) is 0 Å². The fraction of sp³-hybridized carbons (Fsp3) is 0.667. The summed E-state index contributed by atoms with van der Waals surface area (Å²) in [6.45, 7) is 2.87. The zero-order valence-electron chi connectivity index (χ0n) is 9.43. The number of rotatable bonds is 5. The summed E-state index contributed by atoms with van der Waals surface area (Å²) in [6.07, 6.45) is -3.78. The van der Waals surface area contributed by atoms with E-state index in [9.17, 15) is 13.6 Å². The van der Waals surface area contributed by atoms with E-state index in [1.165, 1.54) is 6.92 Å². The van der Waals surface area contributed by atoms with Crippen LogP contribution >= 0.6 is 0 Å². The zero-order valence-corrected chi connectivity index (χ0v) is 9.43. The van der Waals surface area contributed by atoms with Gasteiger partial charge < -0.3 is 9.84 Å². The van der Waals surface area contributed by atoms with Crippen molar-refractivity contribution >= 4 is 5.97 Å². The molecule has 6 nitrogen and oxygen atoms in total. The second-order valence-corrected chi connectivity index (χ2v) is 3.38. The summed E-state index contributed by atoms with van der Waals surface area (Å²) in [5, 5.41) is 15.9. The standard InChI is InChI=1S/C9H13F2N3O3/c1-3-17-9(16)6-7(8(10)11)14(13-12-6)4-5(2)15/h5,8,15H,3-4H2,1-2H3. The number of esters is 1. The highest BCUT2D eigenvalue weighted by molar-refractivity contribution is 5.88.